The molecule has 2 aliphatic carbocycles. The van der Waals surface area contributed by atoms with Crippen LogP contribution in [0.4, 0.5) is 0 Å². The zero-order chi connectivity index (χ0) is 14.7. The van der Waals surface area contributed by atoms with Crippen molar-refractivity contribution in [1.82, 2.24) is 0 Å². The Balaban J connectivity index is 1.68. The molecule has 0 aromatic heterocycles. The highest BCUT2D eigenvalue weighted by atomic mass is 32.2. The van der Waals surface area contributed by atoms with Gasteiger partial charge in [0.2, 0.25) is 0 Å². The number of esters is 2. The van der Waals surface area contributed by atoms with Gasteiger partial charge in [0.25, 0.3) is 0 Å². The molecule has 0 radical (unpaired) electrons. The number of hydrogen-bond acceptors (Lipinski definition) is 8. The van der Waals surface area contributed by atoms with Gasteiger partial charge in [-0.2, -0.15) is 0 Å². The molecule has 0 amide bonds. The first-order chi connectivity index (χ1) is 9.29. The van der Waals surface area contributed by atoms with Crippen LogP contribution >= 0.6 is 0 Å². The Labute approximate surface area is 114 Å². The van der Waals surface area contributed by atoms with Crippen LogP contribution in [0.2, 0.25) is 0 Å². The third-order valence-electron chi connectivity index (χ3n) is 4.43. The molecule has 20 heavy (non-hydrogen) atoms. The summed E-state index contributed by atoms with van der Waals surface area (Å²) in [5.41, 5.74) is 0. The molecular formula is C11H13O8S-. The molecule has 1 N–H and O–H groups in total. The molecule has 0 aromatic rings. The van der Waals surface area contributed by atoms with Gasteiger partial charge in [0.1, 0.15) is 12.7 Å². The van der Waals surface area contributed by atoms with E-state index in [2.05, 4.69) is 0 Å². The van der Waals surface area contributed by atoms with Crippen molar-refractivity contribution in [3.05, 3.63) is 0 Å². The molecule has 3 fully saturated rings. The summed E-state index contributed by atoms with van der Waals surface area (Å²) in [6, 6.07) is 0. The molecule has 1 heterocycles. The van der Waals surface area contributed by atoms with Gasteiger partial charge in [-0.3, -0.25) is 9.59 Å². The minimum Gasteiger partial charge on any atom is -0.748 e. The molecular weight excluding hydrogens is 292 g/mol. The van der Waals surface area contributed by atoms with Crippen molar-refractivity contribution in [2.75, 3.05) is 12.4 Å². The fourth-order valence-corrected chi connectivity index (χ4v) is 3.97. The molecule has 1 aliphatic heterocycles. The van der Waals surface area contributed by atoms with E-state index in [0.29, 0.717) is 6.42 Å². The summed E-state index contributed by atoms with van der Waals surface area (Å²) in [6.07, 6.45) is -0.908. The summed E-state index contributed by atoms with van der Waals surface area (Å²) >= 11 is 0. The van der Waals surface area contributed by atoms with E-state index >= 15 is 0 Å². The third-order valence-corrected chi connectivity index (χ3v) is 5.09. The molecule has 9 heteroatoms. The predicted octanol–water partition coefficient (Wildman–Crippen LogP) is -1.76. The van der Waals surface area contributed by atoms with E-state index in [1.807, 2.05) is 0 Å². The van der Waals surface area contributed by atoms with Gasteiger partial charge in [-0.1, -0.05) is 0 Å². The Morgan fingerprint density at radius 1 is 1.45 bits per heavy atom. The maximum absolute atomic E-state index is 12.0. The lowest BCUT2D eigenvalue weighted by Gasteiger charge is -2.27. The van der Waals surface area contributed by atoms with E-state index in [9.17, 15) is 27.7 Å². The normalized spacial score (nSPS) is 41.8. The summed E-state index contributed by atoms with van der Waals surface area (Å²) in [5.74, 6) is -4.08. The number of hydrogen-bond donors (Lipinski definition) is 1. The first-order valence-electron chi connectivity index (χ1n) is 6.28. The second-order valence-corrected chi connectivity index (χ2v) is 6.96. The fourth-order valence-electron chi connectivity index (χ4n) is 3.68. The van der Waals surface area contributed by atoms with E-state index in [0.717, 1.165) is 0 Å². The smallest absolute Gasteiger partial charge is 0.310 e. The Morgan fingerprint density at radius 3 is 2.80 bits per heavy atom. The van der Waals surface area contributed by atoms with Crippen LogP contribution in [-0.2, 0) is 29.2 Å². The van der Waals surface area contributed by atoms with Gasteiger partial charge in [0.15, 0.2) is 0 Å². The molecule has 0 spiro atoms. The van der Waals surface area contributed by atoms with Crippen LogP contribution in [-0.4, -0.2) is 54.6 Å². The average Bonchev–Trinajstić information content (AvgIpc) is 2.91. The summed E-state index contributed by atoms with van der Waals surface area (Å²) in [5, 5.41) is 9.97. The van der Waals surface area contributed by atoms with Gasteiger partial charge < -0.3 is 19.1 Å². The van der Waals surface area contributed by atoms with Crippen molar-refractivity contribution in [1.29, 1.82) is 0 Å². The lowest BCUT2D eigenvalue weighted by Crippen LogP contribution is -2.41. The van der Waals surface area contributed by atoms with Crippen LogP contribution in [0, 0.1) is 23.7 Å². The zero-order valence-electron chi connectivity index (χ0n) is 10.3. The highest BCUT2D eigenvalue weighted by Crippen LogP contribution is 2.57. The van der Waals surface area contributed by atoms with E-state index in [-0.39, 0.29) is 5.92 Å². The van der Waals surface area contributed by atoms with E-state index in [1.165, 1.54) is 0 Å². The second-order valence-electron chi connectivity index (χ2n) is 5.44. The van der Waals surface area contributed by atoms with Crippen LogP contribution in [0.25, 0.3) is 0 Å². The molecule has 6 atom stereocenters. The van der Waals surface area contributed by atoms with Crippen LogP contribution < -0.4 is 0 Å². The van der Waals surface area contributed by atoms with Crippen molar-refractivity contribution in [3.63, 3.8) is 0 Å². The van der Waals surface area contributed by atoms with Crippen LogP contribution in [0.1, 0.15) is 6.42 Å². The largest absolute Gasteiger partial charge is 0.748 e. The highest BCUT2D eigenvalue weighted by Gasteiger charge is 2.68. The minimum atomic E-state index is -4.45. The predicted molar refractivity (Wildman–Crippen MR) is 60.0 cm³/mol. The number of ether oxygens (including phenoxy) is 2. The monoisotopic (exact) mass is 305 g/mol. The number of carbonyl (C=O) groups excluding carboxylic acids is 2. The van der Waals surface area contributed by atoms with Crippen LogP contribution in [0.15, 0.2) is 0 Å². The Kier molecular flexibility index (Phi) is 3.03. The lowest BCUT2D eigenvalue weighted by atomic mass is 9.78. The van der Waals surface area contributed by atoms with Crippen molar-refractivity contribution >= 4 is 22.1 Å². The van der Waals surface area contributed by atoms with Crippen LogP contribution in [0.5, 0.6) is 0 Å². The van der Waals surface area contributed by atoms with E-state index in [4.69, 9.17) is 9.47 Å². The highest BCUT2D eigenvalue weighted by molar-refractivity contribution is 7.85. The van der Waals surface area contributed by atoms with Gasteiger partial charge in [-0.25, -0.2) is 8.42 Å². The fraction of sp³-hybridized carbons (Fsp3) is 0.818. The quantitative estimate of drug-likeness (QED) is 0.477. The zero-order valence-corrected chi connectivity index (χ0v) is 11.1. The lowest BCUT2D eigenvalue weighted by molar-refractivity contribution is -0.155. The van der Waals surface area contributed by atoms with Crippen molar-refractivity contribution in [2.24, 2.45) is 23.7 Å². The first-order valence-corrected chi connectivity index (χ1v) is 7.86. The molecule has 0 aromatic carbocycles. The van der Waals surface area contributed by atoms with Crippen LogP contribution in [0.3, 0.4) is 0 Å². The van der Waals surface area contributed by atoms with Gasteiger partial charge in [0, 0.05) is 11.8 Å². The molecule has 112 valence electrons. The summed E-state index contributed by atoms with van der Waals surface area (Å²) in [7, 11) is -4.45. The maximum atomic E-state index is 12.0. The molecule has 6 unspecified atom stereocenters. The number of carbonyl (C=O) groups is 2. The maximum Gasteiger partial charge on any atom is 0.310 e. The number of aliphatic hydroxyl groups is 1. The first kappa shape index (κ1) is 13.8. The average molecular weight is 305 g/mol. The van der Waals surface area contributed by atoms with E-state index in [1.54, 1.807) is 0 Å². The summed E-state index contributed by atoms with van der Waals surface area (Å²) < 4.78 is 41.1. The van der Waals surface area contributed by atoms with Gasteiger partial charge in [-0.05, 0) is 6.42 Å². The molecule has 2 saturated carbocycles. The standard InChI is InChI=1S/C11H14O8S/c12-8-4-3-5-7(11(14)19-9(5)8)6(4)10(13)18-1-2-20(15,16)17/h4-9,12H,1-3H2,(H,15,16,17)/p-1. The minimum absolute atomic E-state index is 0.178. The Morgan fingerprint density at radius 2 is 2.15 bits per heavy atom. The SMILES string of the molecule is O=C(OCCS(=O)(=O)[O-])C1C2CC3C(OC(=O)C31)C2O. The van der Waals surface area contributed by atoms with Gasteiger partial charge in [0.05, 0.1) is 33.8 Å². The molecule has 3 rings (SSSR count). The number of aliphatic hydroxyl groups excluding tert-OH is 1. The molecule has 3 aliphatic rings. The third kappa shape index (κ3) is 2.00. The molecule has 2 bridgehead atoms. The Bertz CT molecular complexity index is 555. The molecule has 1 saturated heterocycles. The van der Waals surface area contributed by atoms with Crippen molar-refractivity contribution in [3.8, 4) is 0 Å². The van der Waals surface area contributed by atoms with Gasteiger partial charge in [-0.15, -0.1) is 0 Å². The summed E-state index contributed by atoms with van der Waals surface area (Å²) in [4.78, 5) is 23.7. The topological polar surface area (TPSA) is 130 Å². The summed E-state index contributed by atoms with van der Waals surface area (Å²) in [6.45, 7) is -0.542. The second kappa shape index (κ2) is 4.40. The number of fused-ring (bicyclic) bond motifs is 1. The van der Waals surface area contributed by atoms with Crippen molar-refractivity contribution in [2.45, 2.75) is 18.6 Å². The van der Waals surface area contributed by atoms with Gasteiger partial charge >= 0.3 is 11.9 Å². The van der Waals surface area contributed by atoms with E-state index < -0.39 is 64.4 Å². The molecule has 8 nitrogen and oxygen atoms in total. The van der Waals surface area contributed by atoms with Crippen molar-refractivity contribution < 1.29 is 37.1 Å². The number of rotatable bonds is 4. The Hall–Kier alpha value is -1.19.